The first-order valence-electron chi connectivity index (χ1n) is 5.08. The summed E-state index contributed by atoms with van der Waals surface area (Å²) < 4.78 is 0.874. The number of hydrogen-bond acceptors (Lipinski definition) is 4. The number of benzene rings is 1. The number of fused-ring (bicyclic) bond motifs is 1. The highest BCUT2D eigenvalue weighted by Gasteiger charge is 2.27. The highest BCUT2D eigenvalue weighted by atomic mass is 32.1. The Morgan fingerprint density at radius 2 is 2.25 bits per heavy atom. The number of aromatic carboxylic acids is 1. The second kappa shape index (κ2) is 3.18. The zero-order valence-corrected chi connectivity index (χ0v) is 9.25. The number of carboxylic acid groups (broad SMARTS) is 1. The summed E-state index contributed by atoms with van der Waals surface area (Å²) in [5.41, 5.74) is 7.25. The third-order valence-corrected chi connectivity index (χ3v) is 3.88. The average Bonchev–Trinajstić information content (AvgIpc) is 2.98. The lowest BCUT2D eigenvalue weighted by Crippen LogP contribution is -1.98. The van der Waals surface area contributed by atoms with Crippen molar-refractivity contribution in [3.05, 3.63) is 22.7 Å². The summed E-state index contributed by atoms with van der Waals surface area (Å²) >= 11 is 1.56. The highest BCUT2D eigenvalue weighted by molar-refractivity contribution is 7.18. The van der Waals surface area contributed by atoms with Gasteiger partial charge in [-0.1, -0.05) is 0 Å². The third-order valence-electron chi connectivity index (χ3n) is 2.71. The third kappa shape index (κ3) is 1.44. The number of nitrogens with zero attached hydrogens (tertiary/aromatic N) is 1. The average molecular weight is 234 g/mol. The van der Waals surface area contributed by atoms with Crippen LogP contribution in [0.4, 0.5) is 5.69 Å². The van der Waals surface area contributed by atoms with Crippen molar-refractivity contribution in [3.8, 4) is 0 Å². The molecule has 3 rings (SSSR count). The molecule has 0 saturated heterocycles. The van der Waals surface area contributed by atoms with Crippen molar-refractivity contribution in [2.24, 2.45) is 0 Å². The fourth-order valence-electron chi connectivity index (χ4n) is 1.70. The molecule has 0 unspecified atom stereocenters. The maximum Gasteiger partial charge on any atom is 0.335 e. The number of thiazole rings is 1. The van der Waals surface area contributed by atoms with Gasteiger partial charge in [-0.15, -0.1) is 11.3 Å². The van der Waals surface area contributed by atoms with Crippen LogP contribution in [0, 0.1) is 0 Å². The van der Waals surface area contributed by atoms with Gasteiger partial charge >= 0.3 is 5.97 Å². The van der Waals surface area contributed by atoms with Crippen LogP contribution in [0.25, 0.3) is 10.2 Å². The van der Waals surface area contributed by atoms with E-state index in [1.807, 2.05) is 0 Å². The lowest BCUT2D eigenvalue weighted by molar-refractivity contribution is 0.0697. The van der Waals surface area contributed by atoms with Crippen molar-refractivity contribution >= 4 is 33.2 Å². The van der Waals surface area contributed by atoms with E-state index in [4.69, 9.17) is 10.8 Å². The molecular formula is C11H10N2O2S. The molecule has 1 heterocycles. The maximum atomic E-state index is 10.9. The quantitative estimate of drug-likeness (QED) is 0.782. The first-order chi connectivity index (χ1) is 7.65. The maximum absolute atomic E-state index is 10.9. The van der Waals surface area contributed by atoms with Crippen LogP contribution in [0.5, 0.6) is 0 Å². The molecular weight excluding hydrogens is 224 g/mol. The number of nitrogens with two attached hydrogens (primary N) is 1. The Hall–Kier alpha value is -1.62. The van der Waals surface area contributed by atoms with E-state index >= 15 is 0 Å². The monoisotopic (exact) mass is 234 g/mol. The molecule has 16 heavy (non-hydrogen) atoms. The number of aromatic nitrogens is 1. The summed E-state index contributed by atoms with van der Waals surface area (Å²) in [6, 6.07) is 3.12. The minimum Gasteiger partial charge on any atom is -0.478 e. The van der Waals surface area contributed by atoms with Crippen molar-refractivity contribution < 1.29 is 9.90 Å². The van der Waals surface area contributed by atoms with Gasteiger partial charge in [-0.2, -0.15) is 0 Å². The molecule has 1 aliphatic carbocycles. The Morgan fingerprint density at radius 1 is 1.50 bits per heavy atom. The zero-order valence-electron chi connectivity index (χ0n) is 8.43. The fourth-order valence-corrected chi connectivity index (χ4v) is 2.91. The van der Waals surface area contributed by atoms with E-state index in [9.17, 15) is 4.79 Å². The predicted octanol–water partition coefficient (Wildman–Crippen LogP) is 2.45. The summed E-state index contributed by atoms with van der Waals surface area (Å²) in [4.78, 5) is 15.4. The van der Waals surface area contributed by atoms with Crippen molar-refractivity contribution in [3.63, 3.8) is 0 Å². The summed E-state index contributed by atoms with van der Waals surface area (Å²) in [5.74, 6) is -0.375. The Labute approximate surface area is 95.7 Å². The van der Waals surface area contributed by atoms with Crippen molar-refractivity contribution in [2.75, 3.05) is 5.73 Å². The minimum absolute atomic E-state index is 0.232. The Kier molecular flexibility index (Phi) is 1.91. The smallest absolute Gasteiger partial charge is 0.335 e. The van der Waals surface area contributed by atoms with E-state index in [0.717, 1.165) is 15.2 Å². The summed E-state index contributed by atoms with van der Waals surface area (Å²) in [5, 5.41) is 10.0. The molecule has 1 saturated carbocycles. The van der Waals surface area contributed by atoms with Crippen molar-refractivity contribution in [2.45, 2.75) is 18.8 Å². The molecule has 3 N–H and O–H groups in total. The van der Waals surface area contributed by atoms with Gasteiger partial charge in [0.05, 0.1) is 21.0 Å². The molecule has 2 aromatic rings. The molecule has 4 nitrogen and oxygen atoms in total. The van der Waals surface area contributed by atoms with Gasteiger partial charge in [-0.05, 0) is 25.0 Å². The molecule has 1 aromatic heterocycles. The number of carboxylic acids is 1. The molecule has 1 aromatic carbocycles. The first kappa shape index (κ1) is 9.59. The van der Waals surface area contributed by atoms with Gasteiger partial charge in [0.2, 0.25) is 0 Å². The van der Waals surface area contributed by atoms with Crippen LogP contribution in [0.3, 0.4) is 0 Å². The first-order valence-corrected chi connectivity index (χ1v) is 5.90. The standard InChI is InChI=1S/C11H10N2O2S/c12-7-3-6(11(14)15)4-8-9(7)13-10(16-8)5-1-2-5/h3-5H,1-2,12H2,(H,14,15). The summed E-state index contributed by atoms with van der Waals surface area (Å²) in [6.45, 7) is 0. The van der Waals surface area contributed by atoms with Crippen LogP contribution in [0.15, 0.2) is 12.1 Å². The predicted molar refractivity (Wildman–Crippen MR) is 63.0 cm³/mol. The number of anilines is 1. The van der Waals surface area contributed by atoms with Gasteiger partial charge in [0.1, 0.15) is 5.52 Å². The summed E-state index contributed by atoms with van der Waals surface area (Å²) in [7, 11) is 0. The molecule has 0 atom stereocenters. The van der Waals surface area contributed by atoms with Crippen molar-refractivity contribution in [1.29, 1.82) is 0 Å². The number of hydrogen-bond donors (Lipinski definition) is 2. The number of rotatable bonds is 2. The van der Waals surface area contributed by atoms with Gasteiger partial charge in [-0.25, -0.2) is 9.78 Å². The van der Waals surface area contributed by atoms with Gasteiger partial charge in [0, 0.05) is 5.92 Å². The van der Waals surface area contributed by atoms with E-state index in [1.165, 1.54) is 18.9 Å². The Morgan fingerprint density at radius 3 is 2.88 bits per heavy atom. The highest BCUT2D eigenvalue weighted by Crippen LogP contribution is 2.44. The molecule has 0 bridgehead atoms. The normalized spacial score (nSPS) is 15.5. The number of carbonyl (C=O) groups is 1. The van der Waals surface area contributed by atoms with E-state index in [1.54, 1.807) is 17.4 Å². The molecule has 0 radical (unpaired) electrons. The van der Waals surface area contributed by atoms with Crippen LogP contribution in [0.1, 0.15) is 34.1 Å². The molecule has 0 aliphatic heterocycles. The van der Waals surface area contributed by atoms with E-state index in [-0.39, 0.29) is 5.56 Å². The van der Waals surface area contributed by atoms with Crippen LogP contribution in [-0.2, 0) is 0 Å². The lowest BCUT2D eigenvalue weighted by atomic mass is 10.2. The SMILES string of the molecule is Nc1cc(C(=O)O)cc2sc(C3CC3)nc12. The Bertz CT molecular complexity index is 587. The Balaban J connectivity index is 2.21. The van der Waals surface area contributed by atoms with Crippen LogP contribution < -0.4 is 5.73 Å². The molecule has 0 spiro atoms. The number of nitrogen functional groups attached to an aromatic ring is 1. The van der Waals surface area contributed by atoms with Crippen molar-refractivity contribution in [1.82, 2.24) is 4.98 Å². The molecule has 82 valence electrons. The zero-order chi connectivity index (χ0) is 11.3. The lowest BCUT2D eigenvalue weighted by Gasteiger charge is -1.97. The van der Waals surface area contributed by atoms with Gasteiger partial charge in [0.15, 0.2) is 0 Å². The second-order valence-corrected chi connectivity index (χ2v) is 5.11. The minimum atomic E-state index is -0.949. The van der Waals surface area contributed by atoms with Gasteiger partial charge in [-0.3, -0.25) is 0 Å². The van der Waals surface area contributed by atoms with Crippen LogP contribution in [0.2, 0.25) is 0 Å². The van der Waals surface area contributed by atoms with Crippen LogP contribution >= 0.6 is 11.3 Å². The van der Waals surface area contributed by atoms with E-state index < -0.39 is 5.97 Å². The van der Waals surface area contributed by atoms with Gasteiger partial charge < -0.3 is 10.8 Å². The topological polar surface area (TPSA) is 76.2 Å². The molecule has 1 fully saturated rings. The second-order valence-electron chi connectivity index (χ2n) is 4.04. The van der Waals surface area contributed by atoms with Gasteiger partial charge in [0.25, 0.3) is 0 Å². The molecule has 1 aliphatic rings. The molecule has 5 heteroatoms. The van der Waals surface area contributed by atoms with E-state index in [0.29, 0.717) is 11.6 Å². The fraction of sp³-hybridized carbons (Fsp3) is 0.273. The van der Waals surface area contributed by atoms with Crippen LogP contribution in [-0.4, -0.2) is 16.1 Å². The summed E-state index contributed by atoms with van der Waals surface area (Å²) in [6.07, 6.45) is 2.37. The molecule has 0 amide bonds. The largest absolute Gasteiger partial charge is 0.478 e. The van der Waals surface area contributed by atoms with E-state index in [2.05, 4.69) is 4.98 Å².